The molecule has 2 heterocycles. The molecule has 0 bridgehead atoms. The summed E-state index contributed by atoms with van der Waals surface area (Å²) < 4.78 is 0. The SMILES string of the molecule is O=C([O-])c1csc(-c2ccccc2C[NH+]2CCCC2)n1. The van der Waals surface area contributed by atoms with Gasteiger partial charge in [0, 0.05) is 29.3 Å². The molecule has 0 saturated carbocycles. The molecule has 0 unspecified atom stereocenters. The van der Waals surface area contributed by atoms with E-state index in [0.29, 0.717) is 0 Å². The number of aromatic nitrogens is 1. The second-order valence-corrected chi connectivity index (χ2v) is 5.97. The second-order valence-electron chi connectivity index (χ2n) is 5.12. The van der Waals surface area contributed by atoms with Crippen molar-refractivity contribution in [2.24, 2.45) is 0 Å². The molecular weight excluding hydrogens is 272 g/mol. The van der Waals surface area contributed by atoms with E-state index in [1.165, 1.54) is 42.8 Å². The summed E-state index contributed by atoms with van der Waals surface area (Å²) in [5.74, 6) is -1.21. The average Bonchev–Trinajstić information content (AvgIpc) is 3.10. The molecule has 5 heteroatoms. The fourth-order valence-corrected chi connectivity index (χ4v) is 3.54. The largest absolute Gasteiger partial charge is 0.543 e. The van der Waals surface area contributed by atoms with Crippen LogP contribution in [0.2, 0.25) is 0 Å². The highest BCUT2D eigenvalue weighted by Crippen LogP contribution is 2.26. The van der Waals surface area contributed by atoms with Gasteiger partial charge in [-0.3, -0.25) is 0 Å². The van der Waals surface area contributed by atoms with E-state index in [4.69, 9.17) is 0 Å². The molecule has 1 fully saturated rings. The van der Waals surface area contributed by atoms with Gasteiger partial charge in [-0.15, -0.1) is 11.3 Å². The molecule has 3 rings (SSSR count). The topological polar surface area (TPSA) is 57.5 Å². The van der Waals surface area contributed by atoms with Gasteiger partial charge in [0.2, 0.25) is 0 Å². The fourth-order valence-electron chi connectivity index (χ4n) is 2.70. The highest BCUT2D eigenvalue weighted by atomic mass is 32.1. The Bertz CT molecular complexity index is 618. The zero-order chi connectivity index (χ0) is 13.9. The Balaban J connectivity index is 1.89. The molecule has 4 nitrogen and oxygen atoms in total. The van der Waals surface area contributed by atoms with Gasteiger partial charge < -0.3 is 14.8 Å². The second kappa shape index (κ2) is 5.73. The number of hydrogen-bond donors (Lipinski definition) is 1. The number of nitrogens with zero attached hydrogens (tertiary/aromatic N) is 1. The van der Waals surface area contributed by atoms with Crippen LogP contribution < -0.4 is 10.0 Å². The molecule has 2 aromatic rings. The summed E-state index contributed by atoms with van der Waals surface area (Å²) in [5, 5.41) is 13.1. The van der Waals surface area contributed by atoms with Gasteiger partial charge in [0.1, 0.15) is 11.6 Å². The van der Waals surface area contributed by atoms with Crippen molar-refractivity contribution >= 4 is 17.3 Å². The molecule has 104 valence electrons. The lowest BCUT2D eigenvalue weighted by atomic mass is 10.1. The number of carbonyl (C=O) groups is 1. The molecule has 1 aromatic heterocycles. The minimum Gasteiger partial charge on any atom is -0.543 e. The molecule has 0 atom stereocenters. The van der Waals surface area contributed by atoms with Crippen LogP contribution in [0.25, 0.3) is 10.6 Å². The van der Waals surface area contributed by atoms with Crippen LogP contribution in [0, 0.1) is 0 Å². The van der Waals surface area contributed by atoms with Crippen molar-refractivity contribution in [1.82, 2.24) is 4.98 Å². The van der Waals surface area contributed by atoms with Gasteiger partial charge in [0.25, 0.3) is 0 Å². The van der Waals surface area contributed by atoms with E-state index < -0.39 is 5.97 Å². The van der Waals surface area contributed by atoms with Crippen molar-refractivity contribution in [3.63, 3.8) is 0 Å². The Morgan fingerprint density at radius 3 is 2.75 bits per heavy atom. The minimum atomic E-state index is -1.21. The number of thiazole rings is 1. The first-order chi connectivity index (χ1) is 9.74. The highest BCUT2D eigenvalue weighted by Gasteiger charge is 2.18. The van der Waals surface area contributed by atoms with Gasteiger partial charge in [-0.2, -0.15) is 0 Å². The molecular formula is C15H16N2O2S. The summed E-state index contributed by atoms with van der Waals surface area (Å²) >= 11 is 1.36. The third kappa shape index (κ3) is 2.73. The van der Waals surface area contributed by atoms with E-state index in [0.717, 1.165) is 17.1 Å². The summed E-state index contributed by atoms with van der Waals surface area (Å²) in [6.07, 6.45) is 2.59. The summed E-state index contributed by atoms with van der Waals surface area (Å²) in [4.78, 5) is 16.6. The van der Waals surface area contributed by atoms with Crippen LogP contribution in [0.3, 0.4) is 0 Å². The Kier molecular flexibility index (Phi) is 3.80. The third-order valence-electron chi connectivity index (χ3n) is 3.71. The van der Waals surface area contributed by atoms with E-state index in [-0.39, 0.29) is 5.69 Å². The predicted octanol–water partition coefficient (Wildman–Crippen LogP) is 0.352. The molecule has 20 heavy (non-hydrogen) atoms. The first-order valence-corrected chi connectivity index (χ1v) is 7.71. The summed E-state index contributed by atoms with van der Waals surface area (Å²) in [7, 11) is 0. The van der Waals surface area contributed by atoms with Crippen molar-refractivity contribution in [3.05, 3.63) is 40.9 Å². The van der Waals surface area contributed by atoms with Gasteiger partial charge in [0.05, 0.1) is 24.8 Å². The summed E-state index contributed by atoms with van der Waals surface area (Å²) in [6, 6.07) is 8.13. The van der Waals surface area contributed by atoms with Gasteiger partial charge in [-0.1, -0.05) is 24.3 Å². The third-order valence-corrected chi connectivity index (χ3v) is 4.59. The summed E-state index contributed by atoms with van der Waals surface area (Å²) in [6.45, 7) is 3.42. The maximum atomic E-state index is 10.8. The van der Waals surface area contributed by atoms with Gasteiger partial charge >= 0.3 is 0 Å². The van der Waals surface area contributed by atoms with Crippen molar-refractivity contribution < 1.29 is 14.8 Å². The smallest absolute Gasteiger partial charge is 0.124 e. The van der Waals surface area contributed by atoms with E-state index in [9.17, 15) is 9.90 Å². The number of rotatable bonds is 4. The van der Waals surface area contributed by atoms with Gasteiger partial charge in [0.15, 0.2) is 0 Å². The molecule has 1 saturated heterocycles. The van der Waals surface area contributed by atoms with E-state index in [1.54, 1.807) is 10.3 Å². The minimum absolute atomic E-state index is 0.0216. The maximum absolute atomic E-state index is 10.8. The number of carboxylic acid groups (broad SMARTS) is 1. The fraction of sp³-hybridized carbons (Fsp3) is 0.333. The lowest BCUT2D eigenvalue weighted by molar-refractivity contribution is -0.901. The van der Waals surface area contributed by atoms with Crippen LogP contribution in [0.1, 0.15) is 28.9 Å². The van der Waals surface area contributed by atoms with Crippen molar-refractivity contribution in [1.29, 1.82) is 0 Å². The zero-order valence-corrected chi connectivity index (χ0v) is 11.9. The molecule has 1 aliphatic heterocycles. The summed E-state index contributed by atoms with van der Waals surface area (Å²) in [5.41, 5.74) is 2.31. The number of nitrogens with one attached hydrogen (secondary N) is 1. The Labute approximate surface area is 121 Å². The molecule has 1 aliphatic rings. The maximum Gasteiger partial charge on any atom is 0.124 e. The number of carbonyl (C=O) groups excluding carboxylic acids is 1. The van der Waals surface area contributed by atoms with Crippen LogP contribution in [0.4, 0.5) is 0 Å². The van der Waals surface area contributed by atoms with Crippen molar-refractivity contribution in [2.45, 2.75) is 19.4 Å². The number of hydrogen-bond acceptors (Lipinski definition) is 4. The van der Waals surface area contributed by atoms with Crippen LogP contribution in [0.15, 0.2) is 29.6 Å². The quantitative estimate of drug-likeness (QED) is 0.883. The molecule has 0 aliphatic carbocycles. The zero-order valence-electron chi connectivity index (χ0n) is 11.1. The number of quaternary nitrogens is 1. The molecule has 1 aromatic carbocycles. The first kappa shape index (κ1) is 13.3. The molecule has 0 spiro atoms. The molecule has 1 N–H and O–H groups in total. The number of carboxylic acids is 1. The average molecular weight is 288 g/mol. The number of aromatic carboxylic acids is 1. The van der Waals surface area contributed by atoms with Crippen LogP contribution in [-0.4, -0.2) is 24.0 Å². The standard InChI is InChI=1S/C15H16N2O2S/c18-15(19)13-10-20-14(16-13)12-6-2-1-5-11(12)9-17-7-3-4-8-17/h1-2,5-6,10H,3-4,7-9H2,(H,18,19). The van der Waals surface area contributed by atoms with Gasteiger partial charge in [-0.25, -0.2) is 4.98 Å². The molecule has 0 radical (unpaired) electrons. The van der Waals surface area contributed by atoms with E-state index in [1.807, 2.05) is 18.2 Å². The number of benzene rings is 1. The Morgan fingerprint density at radius 2 is 2.05 bits per heavy atom. The van der Waals surface area contributed by atoms with Crippen molar-refractivity contribution in [3.8, 4) is 10.6 Å². The normalized spacial score (nSPS) is 15.6. The first-order valence-electron chi connectivity index (χ1n) is 6.83. The highest BCUT2D eigenvalue weighted by molar-refractivity contribution is 7.13. The van der Waals surface area contributed by atoms with E-state index >= 15 is 0 Å². The predicted molar refractivity (Wildman–Crippen MR) is 75.5 cm³/mol. The van der Waals surface area contributed by atoms with Crippen LogP contribution in [0.5, 0.6) is 0 Å². The Morgan fingerprint density at radius 1 is 1.30 bits per heavy atom. The Hall–Kier alpha value is -1.72. The lowest BCUT2D eigenvalue weighted by Crippen LogP contribution is -3.08. The monoisotopic (exact) mass is 288 g/mol. The lowest BCUT2D eigenvalue weighted by Gasteiger charge is -2.14. The number of likely N-dealkylation sites (tertiary alicyclic amines) is 1. The van der Waals surface area contributed by atoms with E-state index in [2.05, 4.69) is 11.1 Å². The van der Waals surface area contributed by atoms with Gasteiger partial charge in [-0.05, 0) is 0 Å². The molecule has 0 amide bonds. The van der Waals surface area contributed by atoms with Crippen LogP contribution in [-0.2, 0) is 6.54 Å². The van der Waals surface area contributed by atoms with Crippen molar-refractivity contribution in [2.75, 3.05) is 13.1 Å². The van der Waals surface area contributed by atoms with Crippen LogP contribution >= 0.6 is 11.3 Å².